The first-order chi connectivity index (χ1) is 9.15. The van der Waals surface area contributed by atoms with E-state index in [9.17, 15) is 18.0 Å². The van der Waals surface area contributed by atoms with Crippen LogP contribution in [0.5, 0.6) is 0 Å². The number of rotatable bonds is 5. The number of amides is 1. The average Bonchev–Trinajstić information content (AvgIpc) is 2.26. The fourth-order valence-corrected chi connectivity index (χ4v) is 3.24. The third-order valence-electron chi connectivity index (χ3n) is 2.62. The van der Waals surface area contributed by atoms with E-state index in [0.717, 1.165) is 0 Å². The molecule has 0 spiro atoms. The number of carbonyl (C=O) groups is 2. The van der Waals surface area contributed by atoms with E-state index in [-0.39, 0.29) is 22.1 Å². The van der Waals surface area contributed by atoms with E-state index >= 15 is 0 Å². The Hall–Kier alpha value is -1.89. The van der Waals surface area contributed by atoms with E-state index in [2.05, 4.69) is 5.32 Å². The van der Waals surface area contributed by atoms with Crippen molar-refractivity contribution in [3.05, 3.63) is 29.3 Å². The van der Waals surface area contributed by atoms with Gasteiger partial charge in [-0.25, -0.2) is 13.2 Å². The predicted molar refractivity (Wildman–Crippen MR) is 73.5 cm³/mol. The van der Waals surface area contributed by atoms with E-state index in [1.165, 1.54) is 25.1 Å². The molecule has 0 aliphatic carbocycles. The van der Waals surface area contributed by atoms with Crippen LogP contribution >= 0.6 is 0 Å². The maximum atomic E-state index is 12.2. The van der Waals surface area contributed by atoms with Crippen molar-refractivity contribution >= 4 is 21.7 Å². The molecule has 0 aliphatic heterocycles. The van der Waals surface area contributed by atoms with Crippen molar-refractivity contribution in [3.8, 4) is 0 Å². The number of nitrogens with one attached hydrogen (secondary N) is 1. The number of aromatic carboxylic acids is 1. The number of carboxylic acid groups (broad SMARTS) is 1. The molecule has 0 radical (unpaired) electrons. The van der Waals surface area contributed by atoms with Gasteiger partial charge < -0.3 is 10.4 Å². The summed E-state index contributed by atoms with van der Waals surface area (Å²) >= 11 is 0. The molecule has 0 heterocycles. The lowest BCUT2D eigenvalue weighted by molar-refractivity contribution is -0.119. The van der Waals surface area contributed by atoms with Crippen molar-refractivity contribution in [2.75, 3.05) is 5.75 Å². The van der Waals surface area contributed by atoms with E-state index in [4.69, 9.17) is 5.11 Å². The van der Waals surface area contributed by atoms with Crippen molar-refractivity contribution in [1.29, 1.82) is 0 Å². The monoisotopic (exact) mass is 299 g/mol. The van der Waals surface area contributed by atoms with Gasteiger partial charge in [0.1, 0.15) is 5.75 Å². The van der Waals surface area contributed by atoms with Crippen molar-refractivity contribution in [2.45, 2.75) is 31.7 Å². The van der Waals surface area contributed by atoms with Gasteiger partial charge in [-0.15, -0.1) is 0 Å². The lowest BCUT2D eigenvalue weighted by Crippen LogP contribution is -2.35. The summed E-state index contributed by atoms with van der Waals surface area (Å²) in [6.07, 6.45) is 0. The van der Waals surface area contributed by atoms with Gasteiger partial charge in [-0.3, -0.25) is 4.79 Å². The van der Waals surface area contributed by atoms with Gasteiger partial charge in [-0.2, -0.15) is 0 Å². The summed E-state index contributed by atoms with van der Waals surface area (Å²) in [6, 6.07) is 3.82. The van der Waals surface area contributed by atoms with Crippen LogP contribution in [0.3, 0.4) is 0 Å². The Balaban J connectivity index is 3.14. The summed E-state index contributed by atoms with van der Waals surface area (Å²) in [6.45, 7) is 4.86. The Bertz CT molecular complexity index is 634. The molecule has 1 amide bonds. The Labute approximate surface area is 117 Å². The molecule has 7 heteroatoms. The molecule has 6 nitrogen and oxygen atoms in total. The SMILES string of the molecule is Cc1c(C(=O)O)cccc1S(=O)(=O)CC(=O)NC(C)C. The predicted octanol–water partition coefficient (Wildman–Crippen LogP) is 0.992. The van der Waals surface area contributed by atoms with Gasteiger partial charge in [0.25, 0.3) is 0 Å². The number of hydrogen-bond acceptors (Lipinski definition) is 4. The van der Waals surface area contributed by atoms with E-state index in [0.29, 0.717) is 0 Å². The van der Waals surface area contributed by atoms with Gasteiger partial charge in [-0.05, 0) is 38.5 Å². The molecule has 2 N–H and O–H groups in total. The van der Waals surface area contributed by atoms with Crippen LogP contribution in [-0.4, -0.2) is 37.2 Å². The fourth-order valence-electron chi connectivity index (χ4n) is 1.80. The highest BCUT2D eigenvalue weighted by Crippen LogP contribution is 2.20. The first-order valence-electron chi connectivity index (χ1n) is 6.00. The summed E-state index contributed by atoms with van der Waals surface area (Å²) in [5, 5.41) is 11.5. The summed E-state index contributed by atoms with van der Waals surface area (Å²) in [5.41, 5.74) is 0.0488. The zero-order valence-corrected chi connectivity index (χ0v) is 12.3. The standard InChI is InChI=1S/C13H17NO5S/c1-8(2)14-12(15)7-20(18,19)11-6-4-5-10(9(11)3)13(16)17/h4-6,8H,7H2,1-3H3,(H,14,15)(H,16,17). The number of sulfone groups is 1. The zero-order chi connectivity index (χ0) is 15.5. The zero-order valence-electron chi connectivity index (χ0n) is 11.5. The molecule has 0 saturated carbocycles. The molecule has 110 valence electrons. The first-order valence-corrected chi connectivity index (χ1v) is 7.65. The smallest absolute Gasteiger partial charge is 0.335 e. The lowest BCUT2D eigenvalue weighted by Gasteiger charge is -2.11. The molecule has 0 fully saturated rings. The highest BCUT2D eigenvalue weighted by atomic mass is 32.2. The molecule has 1 aromatic rings. The van der Waals surface area contributed by atoms with Gasteiger partial charge in [0.2, 0.25) is 5.91 Å². The third-order valence-corrected chi connectivity index (χ3v) is 4.37. The molecule has 0 aromatic heterocycles. The van der Waals surface area contributed by atoms with Crippen LogP contribution in [0.2, 0.25) is 0 Å². The largest absolute Gasteiger partial charge is 0.478 e. The summed E-state index contributed by atoms with van der Waals surface area (Å²) in [7, 11) is -3.87. The molecule has 0 unspecified atom stereocenters. The van der Waals surface area contributed by atoms with E-state index in [1.807, 2.05) is 0 Å². The lowest BCUT2D eigenvalue weighted by atomic mass is 10.1. The maximum Gasteiger partial charge on any atom is 0.335 e. The average molecular weight is 299 g/mol. The van der Waals surface area contributed by atoms with Gasteiger partial charge in [0.15, 0.2) is 9.84 Å². The van der Waals surface area contributed by atoms with Crippen molar-refractivity contribution in [2.24, 2.45) is 0 Å². The van der Waals surface area contributed by atoms with Crippen LogP contribution in [0.1, 0.15) is 29.8 Å². The molecule has 20 heavy (non-hydrogen) atoms. The first kappa shape index (κ1) is 16.2. The van der Waals surface area contributed by atoms with Gasteiger partial charge >= 0.3 is 5.97 Å². The van der Waals surface area contributed by atoms with Crippen LogP contribution in [0.15, 0.2) is 23.1 Å². The molecular weight excluding hydrogens is 282 g/mol. The minimum atomic E-state index is -3.87. The number of carbonyl (C=O) groups excluding carboxylic acids is 1. The number of carboxylic acids is 1. The van der Waals surface area contributed by atoms with Gasteiger partial charge in [0.05, 0.1) is 10.5 Å². The Kier molecular flexibility index (Phi) is 4.88. The van der Waals surface area contributed by atoms with Crippen molar-refractivity contribution in [1.82, 2.24) is 5.32 Å². The minimum absolute atomic E-state index is 0.0876. The van der Waals surface area contributed by atoms with Crippen LogP contribution in [0.4, 0.5) is 0 Å². The summed E-state index contributed by atoms with van der Waals surface area (Å²) < 4.78 is 24.3. The quantitative estimate of drug-likeness (QED) is 0.844. The minimum Gasteiger partial charge on any atom is -0.478 e. The summed E-state index contributed by atoms with van der Waals surface area (Å²) in [4.78, 5) is 22.4. The van der Waals surface area contributed by atoms with E-state index < -0.39 is 27.5 Å². The third kappa shape index (κ3) is 3.80. The molecule has 0 bridgehead atoms. The van der Waals surface area contributed by atoms with Crippen molar-refractivity contribution < 1.29 is 23.1 Å². The second-order valence-corrected chi connectivity index (χ2v) is 6.67. The number of hydrogen-bond donors (Lipinski definition) is 2. The summed E-state index contributed by atoms with van der Waals surface area (Å²) in [5.74, 6) is -2.51. The molecular formula is C13H17NO5S. The topological polar surface area (TPSA) is 101 Å². The van der Waals surface area contributed by atoms with Crippen LogP contribution in [-0.2, 0) is 14.6 Å². The van der Waals surface area contributed by atoms with Gasteiger partial charge in [-0.1, -0.05) is 6.07 Å². The van der Waals surface area contributed by atoms with Crippen LogP contribution in [0, 0.1) is 6.92 Å². The highest BCUT2D eigenvalue weighted by Gasteiger charge is 2.23. The molecule has 1 aromatic carbocycles. The normalized spacial score (nSPS) is 11.4. The number of benzene rings is 1. The van der Waals surface area contributed by atoms with E-state index in [1.54, 1.807) is 13.8 Å². The second kappa shape index (κ2) is 6.04. The fraction of sp³-hybridized carbons (Fsp3) is 0.385. The van der Waals surface area contributed by atoms with Gasteiger partial charge in [0, 0.05) is 6.04 Å². The van der Waals surface area contributed by atoms with Crippen LogP contribution < -0.4 is 5.32 Å². The Morgan fingerprint density at radius 1 is 1.30 bits per heavy atom. The molecule has 1 rings (SSSR count). The highest BCUT2D eigenvalue weighted by molar-refractivity contribution is 7.92. The molecule has 0 saturated heterocycles. The van der Waals surface area contributed by atoms with Crippen LogP contribution in [0.25, 0.3) is 0 Å². The van der Waals surface area contributed by atoms with Crippen molar-refractivity contribution in [3.63, 3.8) is 0 Å². The Morgan fingerprint density at radius 2 is 1.90 bits per heavy atom. The molecule has 0 aliphatic rings. The maximum absolute atomic E-state index is 12.2. The Morgan fingerprint density at radius 3 is 2.40 bits per heavy atom. The second-order valence-electron chi connectivity index (χ2n) is 4.72. The molecule has 0 atom stereocenters.